The zero-order valence-electron chi connectivity index (χ0n) is 46.8. The van der Waals surface area contributed by atoms with Crippen LogP contribution in [0, 0.1) is 38.5 Å². The van der Waals surface area contributed by atoms with Gasteiger partial charge in [-0.25, -0.2) is 4.98 Å². The molecule has 82 heavy (non-hydrogen) atoms. The van der Waals surface area contributed by atoms with Crippen molar-refractivity contribution in [3.63, 3.8) is 0 Å². The second-order valence-corrected chi connectivity index (χ2v) is 25.8. The Bertz CT molecular complexity index is 4400. The summed E-state index contributed by atoms with van der Waals surface area (Å²) < 4.78 is 9.28. The molecule has 0 N–H and O–H groups in total. The molecule has 1 aliphatic heterocycles. The van der Waals surface area contributed by atoms with Crippen LogP contribution in [0.5, 0.6) is 11.5 Å². The Morgan fingerprint density at radius 1 is 0.451 bits per heavy atom. The number of aryl methyl sites for hydroxylation is 3. The quantitative estimate of drug-likeness (QED) is 0.159. The fourth-order valence-electron chi connectivity index (χ4n) is 18.3. The summed E-state index contributed by atoms with van der Waals surface area (Å²) in [6.07, 6.45) is 10.7. The molecule has 4 fully saturated rings. The highest BCUT2D eigenvalue weighted by atomic mass is 16.5. The second-order valence-electron chi connectivity index (χ2n) is 25.8. The molecule has 398 valence electrons. The SMILES string of the molecule is Cc1ccc2c(c1)C1c3c(cc(C)cc3N3CN(c4cccc(Oc5ccc6c7ccccc7n(-c7cc(C)c(-c8ccc(C9%10CC%11CC(CC(C%11)C9)C%10)cc8)cn7)c6c5)c4)c4ccccc43)C2C2c3ccccc3C1c1ccccc12. The minimum Gasteiger partial charge on any atom is -0.457 e. The fourth-order valence-corrected chi connectivity index (χ4v) is 18.3. The molecule has 0 amide bonds. The molecule has 5 heteroatoms. The van der Waals surface area contributed by atoms with E-state index in [2.05, 4.69) is 242 Å². The predicted octanol–water partition coefficient (Wildman–Crippen LogP) is 19.1. The third-order valence-electron chi connectivity index (χ3n) is 21.1. The molecule has 22 rings (SSSR count). The van der Waals surface area contributed by atoms with E-state index in [1.807, 2.05) is 0 Å². The summed E-state index contributed by atoms with van der Waals surface area (Å²) in [5.74, 6) is 6.00. The van der Waals surface area contributed by atoms with Crippen molar-refractivity contribution in [3.05, 3.63) is 273 Å². The number of benzene rings is 9. The topological polar surface area (TPSA) is 33.5 Å². The lowest BCUT2D eigenvalue weighted by Gasteiger charge is -2.57. The Morgan fingerprint density at radius 3 is 1.78 bits per heavy atom. The molecular formula is C77H64N4O. The summed E-state index contributed by atoms with van der Waals surface area (Å²) in [6.45, 7) is 7.48. The first kappa shape index (κ1) is 47.0. The zero-order valence-corrected chi connectivity index (χ0v) is 46.8. The first-order valence-corrected chi connectivity index (χ1v) is 30.2. The highest BCUT2D eigenvalue weighted by Gasteiger charge is 2.53. The van der Waals surface area contributed by atoms with Crippen molar-refractivity contribution in [1.29, 1.82) is 0 Å². The van der Waals surface area contributed by atoms with Gasteiger partial charge < -0.3 is 14.5 Å². The molecule has 3 heterocycles. The molecule has 10 aliphatic carbocycles. The number of ether oxygens (including phenoxy) is 1. The number of hydrogen-bond acceptors (Lipinski definition) is 4. The van der Waals surface area contributed by atoms with E-state index in [-0.39, 0.29) is 23.7 Å². The van der Waals surface area contributed by atoms with E-state index in [4.69, 9.17) is 9.72 Å². The fraction of sp³-hybridized carbons (Fsp3) is 0.234. The third kappa shape index (κ3) is 6.83. The van der Waals surface area contributed by atoms with Crippen LogP contribution in [0.1, 0.15) is 129 Å². The highest BCUT2D eigenvalue weighted by molar-refractivity contribution is 6.09. The molecular weight excluding hydrogens is 997 g/mol. The van der Waals surface area contributed by atoms with Gasteiger partial charge in [0.05, 0.1) is 22.4 Å². The maximum absolute atomic E-state index is 6.96. The van der Waals surface area contributed by atoms with Crippen molar-refractivity contribution in [2.45, 2.75) is 88.4 Å². The van der Waals surface area contributed by atoms with Crippen LogP contribution in [0.25, 0.3) is 38.8 Å². The van der Waals surface area contributed by atoms with Crippen molar-refractivity contribution in [3.8, 4) is 28.4 Å². The third-order valence-corrected chi connectivity index (χ3v) is 21.1. The van der Waals surface area contributed by atoms with E-state index >= 15 is 0 Å². The van der Waals surface area contributed by atoms with Gasteiger partial charge in [0.15, 0.2) is 0 Å². The van der Waals surface area contributed by atoms with Crippen molar-refractivity contribution < 1.29 is 4.74 Å². The van der Waals surface area contributed by atoms with E-state index in [0.29, 0.717) is 12.1 Å². The van der Waals surface area contributed by atoms with Crippen LogP contribution in [-0.2, 0) is 5.41 Å². The first-order valence-electron chi connectivity index (χ1n) is 30.2. The van der Waals surface area contributed by atoms with Crippen molar-refractivity contribution >= 4 is 44.6 Å². The largest absolute Gasteiger partial charge is 0.457 e. The monoisotopic (exact) mass is 1060 g/mol. The smallest absolute Gasteiger partial charge is 0.137 e. The number of para-hydroxylation sites is 3. The molecule has 0 spiro atoms. The summed E-state index contributed by atoms with van der Waals surface area (Å²) >= 11 is 0. The van der Waals surface area contributed by atoms with Gasteiger partial charge >= 0.3 is 0 Å². The average Bonchev–Trinajstić information content (AvgIpc) is 1.03. The molecule has 9 aromatic carbocycles. The van der Waals surface area contributed by atoms with E-state index in [0.717, 1.165) is 51.8 Å². The number of pyridine rings is 1. The molecule has 2 atom stereocenters. The Balaban J connectivity index is 0.683. The zero-order chi connectivity index (χ0) is 54.1. The van der Waals surface area contributed by atoms with Gasteiger partial charge in [-0.15, -0.1) is 0 Å². The number of anilines is 4. The summed E-state index contributed by atoms with van der Waals surface area (Å²) in [5.41, 5.74) is 27.1. The number of hydrogen-bond donors (Lipinski definition) is 0. The van der Waals surface area contributed by atoms with Crippen LogP contribution in [0.3, 0.4) is 0 Å². The number of aromatic nitrogens is 2. The Labute approximate surface area is 480 Å². The highest BCUT2D eigenvalue weighted by Crippen LogP contribution is 2.66. The Morgan fingerprint density at radius 2 is 1.06 bits per heavy atom. The van der Waals surface area contributed by atoms with Gasteiger partial charge in [-0.1, -0.05) is 139 Å². The van der Waals surface area contributed by atoms with Crippen LogP contribution in [0.15, 0.2) is 206 Å². The van der Waals surface area contributed by atoms with E-state index in [1.165, 1.54) is 139 Å². The maximum atomic E-state index is 6.96. The Hall–Kier alpha value is -8.67. The second kappa shape index (κ2) is 17.4. The van der Waals surface area contributed by atoms with Gasteiger partial charge in [0.1, 0.15) is 24.0 Å². The van der Waals surface area contributed by atoms with E-state index < -0.39 is 0 Å². The van der Waals surface area contributed by atoms with Crippen molar-refractivity contribution in [2.24, 2.45) is 17.8 Å². The van der Waals surface area contributed by atoms with Gasteiger partial charge in [-0.2, -0.15) is 0 Å². The summed E-state index contributed by atoms with van der Waals surface area (Å²) in [6, 6.07) is 76.0. The van der Waals surface area contributed by atoms with Crippen molar-refractivity contribution in [2.75, 3.05) is 16.5 Å². The lowest BCUT2D eigenvalue weighted by molar-refractivity contribution is -0.00518. The molecule has 2 unspecified atom stereocenters. The molecule has 0 radical (unpaired) electrons. The average molecular weight is 1060 g/mol. The van der Waals surface area contributed by atoms with Crippen LogP contribution in [0.2, 0.25) is 0 Å². The molecule has 4 saturated carbocycles. The minimum absolute atomic E-state index is 0.131. The molecule has 11 aliphatic rings. The summed E-state index contributed by atoms with van der Waals surface area (Å²) in [7, 11) is 0. The van der Waals surface area contributed by atoms with Crippen LogP contribution in [0.4, 0.5) is 22.7 Å². The number of nitrogens with zero attached hydrogens (tertiary/aromatic N) is 4. The van der Waals surface area contributed by atoms with Gasteiger partial charge in [0.25, 0.3) is 0 Å². The Kier molecular flexibility index (Phi) is 9.99. The normalized spacial score (nSPS) is 23.8. The first-order chi connectivity index (χ1) is 40.3. The molecule has 0 saturated heterocycles. The molecule has 8 bridgehead atoms. The maximum Gasteiger partial charge on any atom is 0.137 e. The summed E-state index contributed by atoms with van der Waals surface area (Å²) in [4.78, 5) is 10.3. The van der Waals surface area contributed by atoms with Crippen LogP contribution >= 0.6 is 0 Å². The number of fused-ring (bicyclic) bond motifs is 4. The summed E-state index contributed by atoms with van der Waals surface area (Å²) in [5, 5.41) is 2.37. The van der Waals surface area contributed by atoms with Gasteiger partial charge in [-0.3, -0.25) is 4.57 Å². The van der Waals surface area contributed by atoms with Crippen molar-refractivity contribution in [1.82, 2.24) is 9.55 Å². The number of rotatable bonds is 7. The van der Waals surface area contributed by atoms with Gasteiger partial charge in [0.2, 0.25) is 0 Å². The van der Waals surface area contributed by atoms with E-state index in [1.54, 1.807) is 5.56 Å². The lowest BCUT2D eigenvalue weighted by Crippen LogP contribution is -2.48. The molecule has 11 aromatic rings. The molecule has 5 nitrogen and oxygen atoms in total. The van der Waals surface area contributed by atoms with Crippen LogP contribution in [-0.4, -0.2) is 16.2 Å². The van der Waals surface area contributed by atoms with Crippen LogP contribution < -0.4 is 14.5 Å². The lowest BCUT2D eigenvalue weighted by atomic mass is 9.48. The van der Waals surface area contributed by atoms with Gasteiger partial charge in [-0.05, 0) is 204 Å². The molecule has 2 aromatic heterocycles. The predicted molar refractivity (Wildman–Crippen MR) is 333 cm³/mol. The standard InChI is InChI=1S/C77H64N4O/c1-45-23-29-62-63(31-45)76-73-60-18-6-4-16-58(60)72(59-17-5-7-19-61(59)73)74(62)64-32-46(2)33-70(75(64)76)80-44-79(67-21-10-11-22-68(67)80)53-13-12-14-54(38-53)82-55-28-30-57-56-15-8-9-20-66(56)81(69(57)39-55)71-34-47(3)65(43-78-71)51-24-26-52(27-25-51)77-40-48-35-49(41-77)37-50(36-48)42-77/h4-34,38-39,43,48-50,72-74,76H,35-37,40-42,44H2,1-3H3. The minimum atomic E-state index is 0.131. The van der Waals surface area contributed by atoms with E-state index in [9.17, 15) is 0 Å². The van der Waals surface area contributed by atoms with Gasteiger partial charge in [0, 0.05) is 69.7 Å².